The normalized spacial score (nSPS) is 8.89. The zero-order valence-corrected chi connectivity index (χ0v) is 19.9. The number of carbonyl (C=O) groups excluding carboxylic acids is 2. The van der Waals surface area contributed by atoms with Crippen molar-refractivity contribution in [2.45, 2.75) is 113 Å². The topological polar surface area (TPSA) is 78.4 Å². The van der Waals surface area contributed by atoms with E-state index in [1.807, 2.05) is 12.4 Å². The molecule has 0 aliphatic carbocycles. The van der Waals surface area contributed by atoms with Crippen molar-refractivity contribution in [1.82, 2.24) is 10.8 Å². The predicted molar refractivity (Wildman–Crippen MR) is 123 cm³/mol. The molecule has 0 rings (SSSR count). The molecule has 0 aliphatic rings. The average molecular weight is 403 g/mol. The van der Waals surface area contributed by atoms with Gasteiger partial charge in [-0.05, 0) is 25.7 Å². The molecule has 0 fully saturated rings. The van der Waals surface area contributed by atoms with Crippen LogP contribution in [0.4, 0.5) is 0 Å². The van der Waals surface area contributed by atoms with Gasteiger partial charge in [0, 0.05) is 18.7 Å². The highest BCUT2D eigenvalue weighted by Gasteiger charge is 1.94. The first-order valence-electron chi connectivity index (χ1n) is 11.0. The summed E-state index contributed by atoms with van der Waals surface area (Å²) in [7, 11) is 0. The van der Waals surface area contributed by atoms with Crippen LogP contribution in [-0.2, 0) is 9.59 Å². The Morgan fingerprint density at radius 3 is 1.75 bits per heavy atom. The second-order valence-electron chi connectivity index (χ2n) is 7.23. The van der Waals surface area contributed by atoms with Crippen molar-refractivity contribution in [2.24, 2.45) is 5.92 Å². The summed E-state index contributed by atoms with van der Waals surface area (Å²) in [6.07, 6.45) is 12.3. The van der Waals surface area contributed by atoms with Gasteiger partial charge in [0.25, 0.3) is 0 Å². The fraction of sp³-hybridized carbons (Fsp3) is 0.826. The van der Waals surface area contributed by atoms with E-state index in [1.54, 1.807) is 0 Å². The number of Topliss-reactive ketones (excluding diaryl/α,β-unsaturated/α-hetero) is 1. The monoisotopic (exact) mass is 402 g/mol. The number of carbonyl (C=O) groups is 2. The van der Waals surface area contributed by atoms with Crippen molar-refractivity contribution in [3.05, 3.63) is 12.3 Å². The third-order valence-corrected chi connectivity index (χ3v) is 3.51. The van der Waals surface area contributed by atoms with E-state index >= 15 is 0 Å². The Balaban J connectivity index is -0.000000141. The summed E-state index contributed by atoms with van der Waals surface area (Å²) in [6, 6.07) is 0. The predicted octanol–water partition coefficient (Wildman–Crippen LogP) is 6.41. The Morgan fingerprint density at radius 1 is 0.964 bits per heavy atom. The molecular formula is C23H50N2O3. The minimum absolute atomic E-state index is 0.103. The fourth-order valence-corrected chi connectivity index (χ4v) is 1.74. The fourth-order valence-electron chi connectivity index (χ4n) is 1.74. The lowest BCUT2D eigenvalue weighted by atomic mass is 10.1. The molecule has 28 heavy (non-hydrogen) atoms. The lowest BCUT2D eigenvalue weighted by molar-refractivity contribution is -0.117. The van der Waals surface area contributed by atoms with Gasteiger partial charge in [0.15, 0.2) is 0 Å². The summed E-state index contributed by atoms with van der Waals surface area (Å²) >= 11 is 0. The molecule has 0 unspecified atom stereocenters. The molecule has 0 aromatic carbocycles. The van der Waals surface area contributed by atoms with Crippen LogP contribution >= 0.6 is 0 Å². The van der Waals surface area contributed by atoms with Crippen LogP contribution in [0, 0.1) is 5.92 Å². The Hall–Kier alpha value is -1.36. The quantitative estimate of drug-likeness (QED) is 0.189. The maximum Gasteiger partial charge on any atom is 0.207 e. The Labute approximate surface area is 175 Å². The van der Waals surface area contributed by atoms with Crippen LogP contribution in [0.1, 0.15) is 113 Å². The zero-order chi connectivity index (χ0) is 22.6. The van der Waals surface area contributed by atoms with Crippen molar-refractivity contribution in [3.63, 3.8) is 0 Å². The van der Waals surface area contributed by atoms with Crippen LogP contribution < -0.4 is 10.8 Å². The zero-order valence-electron chi connectivity index (χ0n) is 19.9. The number of hydrogen-bond acceptors (Lipinski definition) is 4. The van der Waals surface area contributed by atoms with Gasteiger partial charge in [-0.3, -0.25) is 15.5 Å². The number of ketones is 1. The Bertz CT molecular complexity index is 317. The second-order valence-corrected chi connectivity index (χ2v) is 7.23. The van der Waals surface area contributed by atoms with Gasteiger partial charge in [-0.2, -0.15) is 0 Å². The largest absolute Gasteiger partial charge is 0.359 e. The van der Waals surface area contributed by atoms with E-state index < -0.39 is 0 Å². The number of amides is 1. The molecule has 0 heterocycles. The second kappa shape index (κ2) is 33.2. The SMILES string of the molecule is C=C(CCC(C)=O)NO.CCCCC.CCCCCC(C)C.CCCNC=O. The first-order valence-corrected chi connectivity index (χ1v) is 11.0. The first-order chi connectivity index (χ1) is 13.3. The summed E-state index contributed by atoms with van der Waals surface area (Å²) in [5.74, 6) is 1.01. The third-order valence-electron chi connectivity index (χ3n) is 3.51. The average Bonchev–Trinajstić information content (AvgIpc) is 2.66. The lowest BCUT2D eigenvalue weighted by Gasteiger charge is -2.00. The minimum Gasteiger partial charge on any atom is -0.359 e. The van der Waals surface area contributed by atoms with Crippen LogP contribution in [-0.4, -0.2) is 23.9 Å². The van der Waals surface area contributed by atoms with E-state index in [4.69, 9.17) is 5.21 Å². The van der Waals surface area contributed by atoms with Crippen molar-refractivity contribution in [3.8, 4) is 0 Å². The molecule has 1 amide bonds. The van der Waals surface area contributed by atoms with Crippen molar-refractivity contribution in [2.75, 3.05) is 6.54 Å². The molecule has 0 atom stereocenters. The summed E-state index contributed by atoms with van der Waals surface area (Å²) < 4.78 is 0. The highest BCUT2D eigenvalue weighted by Crippen LogP contribution is 2.06. The van der Waals surface area contributed by atoms with E-state index in [0.29, 0.717) is 24.9 Å². The molecule has 3 N–H and O–H groups in total. The smallest absolute Gasteiger partial charge is 0.207 e. The summed E-state index contributed by atoms with van der Waals surface area (Å²) in [5.41, 5.74) is 2.35. The highest BCUT2D eigenvalue weighted by atomic mass is 16.5. The molecule has 170 valence electrons. The van der Waals surface area contributed by atoms with Gasteiger partial charge in [-0.15, -0.1) is 0 Å². The summed E-state index contributed by atoms with van der Waals surface area (Å²) in [6.45, 7) is 19.0. The molecule has 0 saturated heterocycles. The third kappa shape index (κ3) is 56.3. The van der Waals surface area contributed by atoms with Gasteiger partial charge in [-0.25, -0.2) is 0 Å². The number of unbranched alkanes of at least 4 members (excludes halogenated alkanes) is 4. The molecule has 0 saturated carbocycles. The number of nitrogens with one attached hydrogen (secondary N) is 2. The molecule has 0 radical (unpaired) electrons. The van der Waals surface area contributed by atoms with Crippen LogP contribution in [0.5, 0.6) is 0 Å². The molecular weight excluding hydrogens is 352 g/mol. The molecule has 0 aliphatic heterocycles. The van der Waals surface area contributed by atoms with Gasteiger partial charge < -0.3 is 10.1 Å². The van der Waals surface area contributed by atoms with E-state index in [1.165, 1.54) is 51.9 Å². The van der Waals surface area contributed by atoms with Gasteiger partial charge >= 0.3 is 0 Å². The van der Waals surface area contributed by atoms with E-state index in [2.05, 4.69) is 46.5 Å². The molecule has 0 bridgehead atoms. The lowest BCUT2D eigenvalue weighted by Crippen LogP contribution is -2.10. The summed E-state index contributed by atoms with van der Waals surface area (Å²) in [5, 5.41) is 10.7. The van der Waals surface area contributed by atoms with Gasteiger partial charge in [0.1, 0.15) is 5.78 Å². The van der Waals surface area contributed by atoms with Crippen LogP contribution in [0.2, 0.25) is 0 Å². The molecule has 5 nitrogen and oxygen atoms in total. The molecule has 0 spiro atoms. The van der Waals surface area contributed by atoms with Crippen LogP contribution in [0.15, 0.2) is 12.3 Å². The molecule has 5 heteroatoms. The summed E-state index contributed by atoms with van der Waals surface area (Å²) in [4.78, 5) is 19.8. The van der Waals surface area contributed by atoms with Gasteiger partial charge in [0.2, 0.25) is 6.41 Å². The van der Waals surface area contributed by atoms with Crippen LogP contribution in [0.25, 0.3) is 0 Å². The Kier molecular flexibility index (Phi) is 40.6. The van der Waals surface area contributed by atoms with Gasteiger partial charge in [0.05, 0.1) is 0 Å². The van der Waals surface area contributed by atoms with E-state index in [0.717, 1.165) is 18.9 Å². The van der Waals surface area contributed by atoms with Gasteiger partial charge in [-0.1, -0.05) is 93.1 Å². The number of hydrogen-bond donors (Lipinski definition) is 3. The van der Waals surface area contributed by atoms with E-state index in [-0.39, 0.29) is 5.78 Å². The number of rotatable bonds is 13. The molecule has 0 aromatic rings. The van der Waals surface area contributed by atoms with Crippen molar-refractivity contribution in [1.29, 1.82) is 0 Å². The molecule has 0 aromatic heterocycles. The van der Waals surface area contributed by atoms with Crippen molar-refractivity contribution >= 4 is 12.2 Å². The first kappa shape index (κ1) is 34.2. The standard InChI is InChI=1S/C8H18.C6H11NO2.C5H12.C4H9NO/c1-4-5-6-7-8(2)3;1-5(7-9)3-4-6(2)8;1-3-5-4-2;1-2-3-5-4-6/h8H,4-7H2,1-3H3;7,9H,1,3-4H2,2H3;3-5H2,1-2H3;4H,2-3H2,1H3,(H,5,6). The maximum atomic E-state index is 10.3. The highest BCUT2D eigenvalue weighted by molar-refractivity contribution is 5.75. The minimum atomic E-state index is 0.103. The number of allylic oxidation sites excluding steroid dienone is 1. The van der Waals surface area contributed by atoms with E-state index in [9.17, 15) is 9.59 Å². The van der Waals surface area contributed by atoms with Crippen LogP contribution in [0.3, 0.4) is 0 Å². The Morgan fingerprint density at radius 2 is 1.50 bits per heavy atom. The number of hydroxylamine groups is 1. The van der Waals surface area contributed by atoms with Crippen molar-refractivity contribution < 1.29 is 14.8 Å². The maximum absolute atomic E-state index is 10.3.